The third-order valence-corrected chi connectivity index (χ3v) is 3.50. The van der Waals surface area contributed by atoms with Crippen molar-refractivity contribution in [2.24, 2.45) is 0 Å². The van der Waals surface area contributed by atoms with Gasteiger partial charge in [0, 0.05) is 17.0 Å². The normalized spacial score (nSPS) is 22.8. The van der Waals surface area contributed by atoms with Gasteiger partial charge in [-0.25, -0.2) is 0 Å². The molecule has 18 heavy (non-hydrogen) atoms. The zero-order valence-corrected chi connectivity index (χ0v) is 10.1. The second-order valence-corrected chi connectivity index (χ2v) is 4.85. The highest BCUT2D eigenvalue weighted by molar-refractivity contribution is 5.99. The molecule has 1 aromatic carbocycles. The van der Waals surface area contributed by atoms with Crippen LogP contribution in [0.4, 0.5) is 0 Å². The van der Waals surface area contributed by atoms with Crippen LogP contribution in [0.5, 0.6) is 0 Å². The van der Waals surface area contributed by atoms with Gasteiger partial charge in [0.1, 0.15) is 5.58 Å². The summed E-state index contributed by atoms with van der Waals surface area (Å²) in [6.07, 6.45) is 0.989. The molecule has 3 rings (SSSR count). The standard InChI is InChI=1S/C14H15NO3/c1-8-11-4-2-3-5-12(11)18-13(8)14(17)15-9-6-10(16)7-9/h2-5,9-10,16H,6-7H2,1H3,(H,15,17). The van der Waals surface area contributed by atoms with E-state index in [4.69, 9.17) is 4.42 Å². The van der Waals surface area contributed by atoms with Crippen LogP contribution in [0.15, 0.2) is 28.7 Å². The van der Waals surface area contributed by atoms with E-state index >= 15 is 0 Å². The first-order chi connectivity index (χ1) is 8.65. The quantitative estimate of drug-likeness (QED) is 0.850. The highest BCUT2D eigenvalue weighted by atomic mass is 16.3. The molecule has 4 nitrogen and oxygen atoms in total. The maximum Gasteiger partial charge on any atom is 0.287 e. The molecule has 0 radical (unpaired) electrons. The van der Waals surface area contributed by atoms with Gasteiger partial charge in [0.25, 0.3) is 5.91 Å². The summed E-state index contributed by atoms with van der Waals surface area (Å²) in [5.74, 6) is 0.179. The van der Waals surface area contributed by atoms with E-state index in [0.717, 1.165) is 16.5 Å². The molecule has 0 spiro atoms. The van der Waals surface area contributed by atoms with Gasteiger partial charge in [-0.3, -0.25) is 4.79 Å². The maximum atomic E-state index is 12.1. The number of furan rings is 1. The van der Waals surface area contributed by atoms with E-state index in [1.807, 2.05) is 31.2 Å². The summed E-state index contributed by atoms with van der Waals surface area (Å²) in [4.78, 5) is 12.1. The summed E-state index contributed by atoms with van der Waals surface area (Å²) in [5, 5.41) is 13.0. The lowest BCUT2D eigenvalue weighted by atomic mass is 9.89. The van der Waals surface area contributed by atoms with Crippen molar-refractivity contribution in [2.75, 3.05) is 0 Å². The average Bonchev–Trinajstić information content (AvgIpc) is 2.66. The minimum absolute atomic E-state index is 0.0695. The molecule has 0 bridgehead atoms. The highest BCUT2D eigenvalue weighted by Gasteiger charge is 2.30. The Labute approximate surface area is 105 Å². The predicted molar refractivity (Wildman–Crippen MR) is 67.4 cm³/mol. The number of aryl methyl sites for hydroxylation is 1. The first-order valence-corrected chi connectivity index (χ1v) is 6.12. The third-order valence-electron chi connectivity index (χ3n) is 3.50. The number of nitrogens with one attached hydrogen (secondary N) is 1. The molecule has 2 aromatic rings. The molecule has 1 saturated carbocycles. The van der Waals surface area contributed by atoms with Crippen molar-refractivity contribution >= 4 is 16.9 Å². The molecular weight excluding hydrogens is 230 g/mol. The summed E-state index contributed by atoms with van der Waals surface area (Å²) < 4.78 is 5.58. The monoisotopic (exact) mass is 245 g/mol. The van der Waals surface area contributed by atoms with Crippen LogP contribution < -0.4 is 5.32 Å². The molecule has 1 amide bonds. The van der Waals surface area contributed by atoms with Gasteiger partial charge < -0.3 is 14.8 Å². The summed E-state index contributed by atoms with van der Waals surface area (Å²) in [5.41, 5.74) is 1.59. The average molecular weight is 245 g/mol. The number of hydrogen-bond donors (Lipinski definition) is 2. The molecule has 0 saturated heterocycles. The van der Waals surface area contributed by atoms with Gasteiger partial charge in [-0.15, -0.1) is 0 Å². The molecule has 0 aliphatic heterocycles. The minimum Gasteiger partial charge on any atom is -0.451 e. The molecule has 1 aliphatic carbocycles. The van der Waals surface area contributed by atoms with Gasteiger partial charge >= 0.3 is 0 Å². The van der Waals surface area contributed by atoms with Crippen LogP contribution in [-0.2, 0) is 0 Å². The maximum absolute atomic E-state index is 12.1. The Morgan fingerprint density at radius 2 is 2.11 bits per heavy atom. The summed E-state index contributed by atoms with van der Waals surface area (Å²) in [6, 6.07) is 7.68. The molecule has 94 valence electrons. The summed E-state index contributed by atoms with van der Waals surface area (Å²) >= 11 is 0. The Bertz CT molecular complexity index is 596. The second-order valence-electron chi connectivity index (χ2n) is 4.85. The van der Waals surface area contributed by atoms with Crippen molar-refractivity contribution in [3.63, 3.8) is 0 Å². The summed E-state index contributed by atoms with van der Waals surface area (Å²) in [6.45, 7) is 1.89. The van der Waals surface area contributed by atoms with Gasteiger partial charge in [0.2, 0.25) is 0 Å². The zero-order valence-electron chi connectivity index (χ0n) is 10.1. The number of benzene rings is 1. The Balaban J connectivity index is 1.85. The molecule has 4 heteroatoms. The van der Waals surface area contributed by atoms with E-state index < -0.39 is 0 Å². The number of carbonyl (C=O) groups is 1. The van der Waals surface area contributed by atoms with Crippen LogP contribution in [0.2, 0.25) is 0 Å². The molecule has 1 fully saturated rings. The highest BCUT2D eigenvalue weighted by Crippen LogP contribution is 2.26. The largest absolute Gasteiger partial charge is 0.451 e. The topological polar surface area (TPSA) is 62.5 Å². The van der Waals surface area contributed by atoms with E-state index in [2.05, 4.69) is 5.32 Å². The second kappa shape index (κ2) is 4.14. The molecule has 1 aliphatic rings. The number of aliphatic hydroxyl groups excluding tert-OH is 1. The van der Waals surface area contributed by atoms with Crippen LogP contribution in [0.1, 0.15) is 29.0 Å². The smallest absolute Gasteiger partial charge is 0.287 e. The van der Waals surface area contributed by atoms with Crippen molar-refractivity contribution in [3.05, 3.63) is 35.6 Å². The van der Waals surface area contributed by atoms with E-state index in [0.29, 0.717) is 18.6 Å². The van der Waals surface area contributed by atoms with Crippen molar-refractivity contribution in [2.45, 2.75) is 31.9 Å². The fraction of sp³-hybridized carbons (Fsp3) is 0.357. The van der Waals surface area contributed by atoms with Crippen molar-refractivity contribution in [1.29, 1.82) is 0 Å². The Kier molecular flexibility index (Phi) is 2.59. The van der Waals surface area contributed by atoms with E-state index in [9.17, 15) is 9.90 Å². The van der Waals surface area contributed by atoms with Crippen LogP contribution >= 0.6 is 0 Å². The third kappa shape index (κ3) is 1.78. The molecule has 0 unspecified atom stereocenters. The number of carbonyl (C=O) groups excluding carboxylic acids is 1. The molecular formula is C14H15NO3. The van der Waals surface area contributed by atoms with E-state index in [1.165, 1.54) is 0 Å². The predicted octanol–water partition coefficient (Wildman–Crippen LogP) is 1.99. The Morgan fingerprint density at radius 1 is 1.39 bits per heavy atom. The summed E-state index contributed by atoms with van der Waals surface area (Å²) in [7, 11) is 0. The molecule has 0 atom stereocenters. The molecule has 1 aromatic heterocycles. The van der Waals surface area contributed by atoms with Crippen molar-refractivity contribution < 1.29 is 14.3 Å². The number of rotatable bonds is 2. The van der Waals surface area contributed by atoms with Crippen LogP contribution in [0.25, 0.3) is 11.0 Å². The van der Waals surface area contributed by atoms with Gasteiger partial charge in [-0.05, 0) is 25.8 Å². The first-order valence-electron chi connectivity index (χ1n) is 6.12. The van der Waals surface area contributed by atoms with Crippen LogP contribution in [0, 0.1) is 6.92 Å². The number of fused-ring (bicyclic) bond motifs is 1. The van der Waals surface area contributed by atoms with Crippen LogP contribution in [-0.4, -0.2) is 23.2 Å². The molecule has 2 N–H and O–H groups in total. The number of aliphatic hydroxyl groups is 1. The van der Waals surface area contributed by atoms with Gasteiger partial charge in [-0.1, -0.05) is 18.2 Å². The minimum atomic E-state index is -0.271. The van der Waals surface area contributed by atoms with Gasteiger partial charge in [-0.2, -0.15) is 0 Å². The lowest BCUT2D eigenvalue weighted by Gasteiger charge is -2.31. The fourth-order valence-corrected chi connectivity index (χ4v) is 2.35. The number of hydrogen-bond acceptors (Lipinski definition) is 3. The number of para-hydroxylation sites is 1. The van der Waals surface area contributed by atoms with E-state index in [-0.39, 0.29) is 18.1 Å². The Hall–Kier alpha value is -1.81. The fourth-order valence-electron chi connectivity index (χ4n) is 2.35. The van der Waals surface area contributed by atoms with Crippen molar-refractivity contribution in [3.8, 4) is 0 Å². The van der Waals surface area contributed by atoms with Gasteiger partial charge in [0.15, 0.2) is 5.76 Å². The number of amides is 1. The van der Waals surface area contributed by atoms with Gasteiger partial charge in [0.05, 0.1) is 6.10 Å². The lowest BCUT2D eigenvalue weighted by molar-refractivity contribution is 0.0551. The Morgan fingerprint density at radius 3 is 2.78 bits per heavy atom. The van der Waals surface area contributed by atoms with Crippen LogP contribution in [0.3, 0.4) is 0 Å². The lowest BCUT2D eigenvalue weighted by Crippen LogP contribution is -2.46. The van der Waals surface area contributed by atoms with Crippen molar-refractivity contribution in [1.82, 2.24) is 5.32 Å². The molecule has 1 heterocycles. The zero-order chi connectivity index (χ0) is 12.7. The van der Waals surface area contributed by atoms with E-state index in [1.54, 1.807) is 0 Å². The first kappa shape index (κ1) is 11.3. The SMILES string of the molecule is Cc1c(C(=O)NC2CC(O)C2)oc2ccccc12.